The molecule has 4 heteroatoms. The van der Waals surface area contributed by atoms with E-state index in [9.17, 15) is 0 Å². The minimum atomic E-state index is 0.181. The van der Waals surface area contributed by atoms with E-state index in [2.05, 4.69) is 22.2 Å². The average molecular weight is 223 g/mol. The number of H-pyrrole nitrogens is 1. The first-order chi connectivity index (χ1) is 7.85. The van der Waals surface area contributed by atoms with Gasteiger partial charge in [-0.15, -0.1) is 0 Å². The van der Waals surface area contributed by atoms with Gasteiger partial charge in [0, 0.05) is 25.0 Å². The van der Waals surface area contributed by atoms with E-state index in [0.717, 1.165) is 31.2 Å². The van der Waals surface area contributed by atoms with Crippen molar-refractivity contribution in [3.05, 3.63) is 17.7 Å². The van der Waals surface area contributed by atoms with Crippen LogP contribution in [-0.4, -0.2) is 23.1 Å². The summed E-state index contributed by atoms with van der Waals surface area (Å²) < 4.78 is 5.76. The van der Waals surface area contributed by atoms with Crippen LogP contribution in [0.4, 0.5) is 0 Å². The molecule has 1 aliphatic rings. The van der Waals surface area contributed by atoms with Gasteiger partial charge in [0.1, 0.15) is 11.9 Å². The molecule has 0 radical (unpaired) electrons. The number of hydrogen-bond acceptors (Lipinski definition) is 3. The Kier molecular flexibility index (Phi) is 3.96. The lowest BCUT2D eigenvalue weighted by molar-refractivity contribution is 0.0405. The number of nitrogens with zero attached hydrogens (tertiary/aromatic N) is 1. The van der Waals surface area contributed by atoms with E-state index in [1.54, 1.807) is 0 Å². The van der Waals surface area contributed by atoms with Gasteiger partial charge in [-0.2, -0.15) is 0 Å². The molecule has 1 unspecified atom stereocenters. The molecule has 0 saturated heterocycles. The Morgan fingerprint density at radius 1 is 1.56 bits per heavy atom. The average Bonchev–Trinajstić information content (AvgIpc) is 3.02. The molecule has 1 aromatic heterocycles. The van der Waals surface area contributed by atoms with E-state index in [1.165, 1.54) is 12.8 Å². The van der Waals surface area contributed by atoms with Gasteiger partial charge < -0.3 is 15.0 Å². The van der Waals surface area contributed by atoms with Gasteiger partial charge in [-0.05, 0) is 32.2 Å². The van der Waals surface area contributed by atoms with Gasteiger partial charge in [0.2, 0.25) is 0 Å². The zero-order chi connectivity index (χ0) is 11.4. The molecule has 2 N–H and O–H groups in total. The van der Waals surface area contributed by atoms with Gasteiger partial charge in [-0.3, -0.25) is 0 Å². The predicted octanol–water partition coefficient (Wildman–Crippen LogP) is 2.01. The number of aromatic amines is 1. The van der Waals surface area contributed by atoms with E-state index < -0.39 is 0 Å². The summed E-state index contributed by atoms with van der Waals surface area (Å²) in [4.78, 5) is 7.78. The third-order valence-corrected chi connectivity index (χ3v) is 2.88. The highest BCUT2D eigenvalue weighted by Gasteiger charge is 2.34. The van der Waals surface area contributed by atoms with E-state index in [4.69, 9.17) is 4.74 Å². The number of hydrogen-bond donors (Lipinski definition) is 2. The van der Waals surface area contributed by atoms with Crippen LogP contribution in [0, 0.1) is 5.92 Å². The van der Waals surface area contributed by atoms with Crippen LogP contribution in [0.5, 0.6) is 0 Å². The second-order valence-electron chi connectivity index (χ2n) is 4.29. The van der Waals surface area contributed by atoms with Crippen molar-refractivity contribution in [3.63, 3.8) is 0 Å². The molecule has 0 bridgehead atoms. The van der Waals surface area contributed by atoms with Gasteiger partial charge in [-0.1, -0.05) is 6.92 Å². The molecule has 0 spiro atoms. The van der Waals surface area contributed by atoms with Gasteiger partial charge in [0.15, 0.2) is 0 Å². The van der Waals surface area contributed by atoms with Crippen LogP contribution in [0.1, 0.15) is 44.3 Å². The monoisotopic (exact) mass is 223 g/mol. The first-order valence-corrected chi connectivity index (χ1v) is 6.21. The van der Waals surface area contributed by atoms with Gasteiger partial charge >= 0.3 is 0 Å². The molecule has 1 atom stereocenters. The largest absolute Gasteiger partial charge is 0.370 e. The molecule has 1 saturated carbocycles. The van der Waals surface area contributed by atoms with Crippen molar-refractivity contribution in [2.75, 3.05) is 13.2 Å². The Hall–Kier alpha value is -0.870. The zero-order valence-corrected chi connectivity index (χ0v) is 10.1. The first-order valence-electron chi connectivity index (χ1n) is 6.21. The Labute approximate surface area is 96.8 Å². The number of aromatic nitrogens is 2. The summed E-state index contributed by atoms with van der Waals surface area (Å²) >= 11 is 0. The summed E-state index contributed by atoms with van der Waals surface area (Å²) in [6.45, 7) is 6.73. The van der Waals surface area contributed by atoms with Crippen molar-refractivity contribution in [2.24, 2.45) is 5.92 Å². The van der Waals surface area contributed by atoms with E-state index >= 15 is 0 Å². The molecule has 1 aromatic rings. The Bertz CT molecular complexity index is 320. The highest BCUT2D eigenvalue weighted by Crippen LogP contribution is 2.42. The molecule has 90 valence electrons. The lowest BCUT2D eigenvalue weighted by Gasteiger charge is -2.13. The number of rotatable bonds is 7. The van der Waals surface area contributed by atoms with E-state index in [-0.39, 0.29) is 6.10 Å². The number of nitrogens with one attached hydrogen (secondary N) is 2. The molecule has 1 heterocycles. The maximum Gasteiger partial charge on any atom is 0.135 e. The number of imidazole rings is 1. The normalized spacial score (nSPS) is 17.6. The van der Waals surface area contributed by atoms with Crippen molar-refractivity contribution in [3.8, 4) is 0 Å². The van der Waals surface area contributed by atoms with Crippen molar-refractivity contribution < 1.29 is 4.74 Å². The molecule has 4 nitrogen and oxygen atoms in total. The third-order valence-electron chi connectivity index (χ3n) is 2.88. The molecule has 1 aliphatic carbocycles. The molecular weight excluding hydrogens is 202 g/mol. The van der Waals surface area contributed by atoms with E-state index in [0.29, 0.717) is 5.92 Å². The van der Waals surface area contributed by atoms with Crippen LogP contribution in [0.3, 0.4) is 0 Å². The predicted molar refractivity (Wildman–Crippen MR) is 63.1 cm³/mol. The van der Waals surface area contributed by atoms with Gasteiger partial charge in [-0.25, -0.2) is 4.98 Å². The maximum atomic E-state index is 5.76. The van der Waals surface area contributed by atoms with Crippen LogP contribution in [0.2, 0.25) is 0 Å². The van der Waals surface area contributed by atoms with E-state index in [1.807, 2.05) is 13.1 Å². The van der Waals surface area contributed by atoms with Crippen LogP contribution >= 0.6 is 0 Å². The highest BCUT2D eigenvalue weighted by molar-refractivity contribution is 5.06. The Morgan fingerprint density at radius 2 is 2.38 bits per heavy atom. The van der Waals surface area contributed by atoms with Crippen molar-refractivity contribution in [1.29, 1.82) is 0 Å². The van der Waals surface area contributed by atoms with Crippen molar-refractivity contribution in [2.45, 2.75) is 39.3 Å². The Morgan fingerprint density at radius 3 is 3.00 bits per heavy atom. The van der Waals surface area contributed by atoms with Gasteiger partial charge in [0.25, 0.3) is 0 Å². The molecule has 1 fully saturated rings. The summed E-state index contributed by atoms with van der Waals surface area (Å²) in [5.74, 6) is 1.68. The SMILES string of the molecule is CCNCc1cnc(C(OCC)C2CC2)[nH]1. The third kappa shape index (κ3) is 2.83. The molecule has 0 amide bonds. The minimum Gasteiger partial charge on any atom is -0.370 e. The maximum absolute atomic E-state index is 5.76. The summed E-state index contributed by atoms with van der Waals surface area (Å²) in [5.41, 5.74) is 1.14. The first kappa shape index (κ1) is 11.6. The highest BCUT2D eigenvalue weighted by atomic mass is 16.5. The lowest BCUT2D eigenvalue weighted by atomic mass is 10.2. The molecule has 16 heavy (non-hydrogen) atoms. The summed E-state index contributed by atoms with van der Waals surface area (Å²) in [5, 5.41) is 3.28. The zero-order valence-electron chi connectivity index (χ0n) is 10.1. The molecule has 0 aliphatic heterocycles. The second-order valence-corrected chi connectivity index (χ2v) is 4.29. The summed E-state index contributed by atoms with van der Waals surface area (Å²) in [6, 6.07) is 0. The second kappa shape index (κ2) is 5.46. The quantitative estimate of drug-likeness (QED) is 0.743. The fourth-order valence-electron chi connectivity index (χ4n) is 1.89. The van der Waals surface area contributed by atoms with Crippen LogP contribution in [0.25, 0.3) is 0 Å². The standard InChI is InChI=1S/C12H21N3O/c1-3-13-7-10-8-14-12(15-10)11(16-4-2)9-5-6-9/h8-9,11,13H,3-7H2,1-2H3,(H,14,15). The van der Waals surface area contributed by atoms with Crippen molar-refractivity contribution >= 4 is 0 Å². The lowest BCUT2D eigenvalue weighted by Crippen LogP contribution is -2.12. The molecule has 0 aromatic carbocycles. The Balaban J connectivity index is 1.97. The molecule has 2 rings (SSSR count). The van der Waals surface area contributed by atoms with Crippen LogP contribution in [0.15, 0.2) is 6.20 Å². The summed E-state index contributed by atoms with van der Waals surface area (Å²) in [6.07, 6.45) is 4.63. The van der Waals surface area contributed by atoms with Crippen LogP contribution in [-0.2, 0) is 11.3 Å². The van der Waals surface area contributed by atoms with Crippen molar-refractivity contribution in [1.82, 2.24) is 15.3 Å². The molecular formula is C12H21N3O. The topological polar surface area (TPSA) is 49.9 Å². The summed E-state index contributed by atoms with van der Waals surface area (Å²) in [7, 11) is 0. The van der Waals surface area contributed by atoms with Crippen LogP contribution < -0.4 is 5.32 Å². The van der Waals surface area contributed by atoms with Gasteiger partial charge in [0.05, 0.1) is 0 Å². The number of ether oxygens (including phenoxy) is 1. The fraction of sp³-hybridized carbons (Fsp3) is 0.750. The fourth-order valence-corrected chi connectivity index (χ4v) is 1.89. The minimum absolute atomic E-state index is 0.181. The smallest absolute Gasteiger partial charge is 0.135 e.